The minimum Gasteiger partial charge on any atom is -0.387 e. The molecule has 4 amide bonds. The maximum atomic E-state index is 14.0. The highest BCUT2D eigenvalue weighted by atomic mass is 16.5. The van der Waals surface area contributed by atoms with Crippen molar-refractivity contribution in [2.45, 2.75) is 90.5 Å². The number of carbonyl (C=O) groups excluding carboxylic acids is 4. The van der Waals surface area contributed by atoms with Gasteiger partial charge in [0, 0.05) is 12.4 Å². The van der Waals surface area contributed by atoms with Crippen LogP contribution in [0.4, 0.5) is 0 Å². The molecule has 6 atom stereocenters. The highest BCUT2D eigenvalue weighted by molar-refractivity contribution is 5.91. The lowest BCUT2D eigenvalue weighted by molar-refractivity contribution is -0.171. The number of benzene rings is 2. The van der Waals surface area contributed by atoms with Crippen LogP contribution >= 0.6 is 0 Å². The lowest BCUT2D eigenvalue weighted by atomic mass is 9.98. The summed E-state index contributed by atoms with van der Waals surface area (Å²) in [6.45, 7) is 6.88. The smallest absolute Gasteiger partial charge is 0.252 e. The summed E-state index contributed by atoms with van der Waals surface area (Å²) >= 11 is 0. The second kappa shape index (κ2) is 22.1. The number of aliphatic hydroxyl groups is 2. The Labute approximate surface area is 327 Å². The van der Waals surface area contributed by atoms with Crippen LogP contribution in [0.25, 0.3) is 0 Å². The van der Waals surface area contributed by atoms with Gasteiger partial charge in [0.05, 0.1) is 37.7 Å². The fraction of sp³-hybridized carbons (Fsp3) is 0.381. The Bertz CT molecular complexity index is 1670. The van der Waals surface area contributed by atoms with E-state index < -0.39 is 72.0 Å². The molecule has 0 aliphatic carbocycles. The monoisotopic (exact) mass is 768 g/mol. The molecular formula is C42H52N6O8. The van der Waals surface area contributed by atoms with Gasteiger partial charge < -0.3 is 41.0 Å². The maximum absolute atomic E-state index is 14.0. The van der Waals surface area contributed by atoms with Gasteiger partial charge in [-0.3, -0.25) is 29.1 Å². The Balaban J connectivity index is 1.57. The first-order chi connectivity index (χ1) is 26.9. The van der Waals surface area contributed by atoms with E-state index in [1.54, 1.807) is 137 Å². The van der Waals surface area contributed by atoms with Crippen molar-refractivity contribution in [3.63, 3.8) is 0 Å². The number of aromatic nitrogens is 2. The Morgan fingerprint density at radius 2 is 0.893 bits per heavy atom. The van der Waals surface area contributed by atoms with Crippen molar-refractivity contribution in [2.75, 3.05) is 0 Å². The van der Waals surface area contributed by atoms with Crippen molar-refractivity contribution in [3.05, 3.63) is 132 Å². The molecule has 0 saturated carbocycles. The molecule has 2 aromatic heterocycles. The summed E-state index contributed by atoms with van der Waals surface area (Å²) in [6, 6.07) is 26.2. The fourth-order valence-corrected chi connectivity index (χ4v) is 5.66. The van der Waals surface area contributed by atoms with Crippen molar-refractivity contribution < 1.29 is 38.9 Å². The van der Waals surface area contributed by atoms with Crippen LogP contribution in [0, 0.1) is 11.8 Å². The molecule has 0 aliphatic heterocycles. The molecule has 56 heavy (non-hydrogen) atoms. The lowest BCUT2D eigenvalue weighted by Gasteiger charge is -2.33. The van der Waals surface area contributed by atoms with Crippen LogP contribution < -0.4 is 21.3 Å². The van der Waals surface area contributed by atoms with Crippen molar-refractivity contribution >= 4 is 23.6 Å². The number of carbonyl (C=O) groups is 4. The number of amides is 4. The molecule has 6 N–H and O–H groups in total. The van der Waals surface area contributed by atoms with E-state index >= 15 is 0 Å². The van der Waals surface area contributed by atoms with E-state index in [1.807, 2.05) is 0 Å². The first kappa shape index (κ1) is 43.2. The molecule has 0 unspecified atom stereocenters. The van der Waals surface area contributed by atoms with Crippen molar-refractivity contribution in [1.82, 2.24) is 31.2 Å². The molecule has 4 aromatic rings. The second-order valence-electron chi connectivity index (χ2n) is 14.0. The van der Waals surface area contributed by atoms with Gasteiger partial charge in [-0.05, 0) is 47.2 Å². The van der Waals surface area contributed by atoms with Crippen molar-refractivity contribution in [2.24, 2.45) is 11.8 Å². The predicted octanol–water partition coefficient (Wildman–Crippen LogP) is 2.58. The van der Waals surface area contributed by atoms with Crippen LogP contribution in [-0.2, 0) is 55.0 Å². The highest BCUT2D eigenvalue weighted by Crippen LogP contribution is 2.18. The minimum absolute atomic E-state index is 0.113. The number of nitrogens with zero attached hydrogens (tertiary/aromatic N) is 2. The molecule has 2 aromatic carbocycles. The van der Waals surface area contributed by atoms with E-state index in [4.69, 9.17) is 9.47 Å². The van der Waals surface area contributed by atoms with Crippen LogP contribution in [0.3, 0.4) is 0 Å². The summed E-state index contributed by atoms with van der Waals surface area (Å²) in [5, 5.41) is 34.4. The topological polar surface area (TPSA) is 201 Å². The van der Waals surface area contributed by atoms with Crippen molar-refractivity contribution in [3.8, 4) is 0 Å². The fourth-order valence-electron chi connectivity index (χ4n) is 5.66. The molecule has 0 fully saturated rings. The number of pyridine rings is 2. The minimum atomic E-state index is -2.05. The van der Waals surface area contributed by atoms with Gasteiger partial charge in [0.1, 0.15) is 24.3 Å². The van der Waals surface area contributed by atoms with Gasteiger partial charge in [-0.25, -0.2) is 0 Å². The quantitative estimate of drug-likeness (QED) is 0.0732. The number of nitrogens with one attached hydrogen (secondary N) is 4. The molecule has 4 rings (SSSR count). The van der Waals surface area contributed by atoms with Gasteiger partial charge in [0.15, 0.2) is 12.2 Å². The van der Waals surface area contributed by atoms with Crippen LogP contribution in [-0.4, -0.2) is 80.3 Å². The number of hydrogen-bond acceptors (Lipinski definition) is 10. The molecule has 14 nitrogen and oxygen atoms in total. The Morgan fingerprint density at radius 1 is 0.536 bits per heavy atom. The lowest BCUT2D eigenvalue weighted by Crippen LogP contribution is -2.60. The molecule has 0 radical (unpaired) electrons. The van der Waals surface area contributed by atoms with Gasteiger partial charge in [-0.15, -0.1) is 0 Å². The molecular weight excluding hydrogens is 716 g/mol. The van der Waals surface area contributed by atoms with Crippen LogP contribution in [0.1, 0.15) is 50.2 Å². The zero-order valence-corrected chi connectivity index (χ0v) is 32.1. The van der Waals surface area contributed by atoms with Gasteiger partial charge in [0.25, 0.3) is 11.8 Å². The summed E-state index contributed by atoms with van der Waals surface area (Å²) in [6.07, 6.45) is -4.47. The SMILES string of the molecule is CC(C)[C@H](NC(=O)[C@H](OCc1ccccc1)[C@H](O)[C@H](O)[C@H](OCc1ccccc1)C(=O)N[C@@H](C(=O)NCc1ccccn1)C(C)C)C(=O)NCc1ccccn1. The standard InChI is InChI=1S/C42H52N6O8/c1-27(2)33(39(51)45-23-31-19-11-13-21-43-31)47-41(53)37(55-25-29-15-7-5-8-16-29)35(49)36(50)38(56-26-30-17-9-6-10-18-30)42(54)48-34(28(3)4)40(52)46-24-32-20-12-14-22-44-32/h5-22,27-28,33-38,49-50H,23-26H2,1-4H3,(H,45,51)(H,46,52)(H,47,53)(H,48,54)/t33-,34+,35+,36-,37+,38-. The summed E-state index contributed by atoms with van der Waals surface area (Å²) in [7, 11) is 0. The molecule has 298 valence electrons. The largest absolute Gasteiger partial charge is 0.387 e. The number of hydrogen-bond donors (Lipinski definition) is 6. The average Bonchev–Trinajstić information content (AvgIpc) is 3.21. The Hall–Kier alpha value is -5.54. The molecule has 0 aliphatic rings. The molecule has 0 saturated heterocycles. The first-order valence-electron chi connectivity index (χ1n) is 18.6. The summed E-state index contributed by atoms with van der Waals surface area (Å²) in [5.74, 6) is -3.61. The Morgan fingerprint density at radius 3 is 1.21 bits per heavy atom. The average molecular weight is 769 g/mol. The van der Waals surface area contributed by atoms with Gasteiger partial charge in [-0.1, -0.05) is 100 Å². The van der Waals surface area contributed by atoms with Crippen LogP contribution in [0.2, 0.25) is 0 Å². The third kappa shape index (κ3) is 13.3. The summed E-state index contributed by atoms with van der Waals surface area (Å²) < 4.78 is 11.9. The Kier molecular flexibility index (Phi) is 17.1. The normalized spacial score (nSPS) is 14.5. The van der Waals surface area contributed by atoms with E-state index in [1.165, 1.54) is 0 Å². The number of rotatable bonds is 21. The third-order valence-electron chi connectivity index (χ3n) is 8.87. The molecule has 0 spiro atoms. The van der Waals surface area contributed by atoms with Crippen LogP contribution in [0.5, 0.6) is 0 Å². The van der Waals surface area contributed by atoms with E-state index in [-0.39, 0.29) is 26.3 Å². The molecule has 2 heterocycles. The zero-order valence-electron chi connectivity index (χ0n) is 32.1. The predicted molar refractivity (Wildman–Crippen MR) is 208 cm³/mol. The highest BCUT2D eigenvalue weighted by Gasteiger charge is 2.43. The van der Waals surface area contributed by atoms with E-state index in [2.05, 4.69) is 31.2 Å². The maximum Gasteiger partial charge on any atom is 0.252 e. The zero-order chi connectivity index (χ0) is 40.5. The number of aliphatic hydroxyl groups excluding tert-OH is 2. The van der Waals surface area contributed by atoms with Gasteiger partial charge in [-0.2, -0.15) is 0 Å². The van der Waals surface area contributed by atoms with Crippen molar-refractivity contribution in [1.29, 1.82) is 0 Å². The van der Waals surface area contributed by atoms with Crippen LogP contribution in [0.15, 0.2) is 109 Å². The third-order valence-corrected chi connectivity index (χ3v) is 8.87. The van der Waals surface area contributed by atoms with Gasteiger partial charge >= 0.3 is 0 Å². The van der Waals surface area contributed by atoms with Gasteiger partial charge in [0.2, 0.25) is 11.8 Å². The summed E-state index contributed by atoms with van der Waals surface area (Å²) in [5.41, 5.74) is 2.54. The number of ether oxygens (including phenoxy) is 2. The second-order valence-corrected chi connectivity index (χ2v) is 14.0. The van der Waals surface area contributed by atoms with E-state index in [0.29, 0.717) is 22.5 Å². The molecule has 14 heteroatoms. The van der Waals surface area contributed by atoms with E-state index in [9.17, 15) is 29.4 Å². The molecule has 0 bridgehead atoms. The summed E-state index contributed by atoms with van der Waals surface area (Å²) in [4.78, 5) is 63.1. The van der Waals surface area contributed by atoms with E-state index in [0.717, 1.165) is 0 Å². The first-order valence-corrected chi connectivity index (χ1v) is 18.6.